The van der Waals surface area contributed by atoms with Crippen LogP contribution in [0.15, 0.2) is 59.0 Å². The van der Waals surface area contributed by atoms with Crippen molar-refractivity contribution in [2.24, 2.45) is 4.40 Å². The second kappa shape index (κ2) is 7.16. The number of fused-ring (bicyclic) bond motifs is 1. The van der Waals surface area contributed by atoms with Gasteiger partial charge in [0, 0.05) is 16.5 Å². The predicted molar refractivity (Wildman–Crippen MR) is 108 cm³/mol. The molecule has 2 aromatic carbocycles. The van der Waals surface area contributed by atoms with E-state index < -0.39 is 16.1 Å². The average molecular weight is 371 g/mol. The number of hydrogen-bond acceptors (Lipinski definition) is 3. The SMILES string of the molecule is CC(C)(C)[S+]([O-])N=Cc1cc2cccc(Cl)c2nc1-c1ccccc1. The van der Waals surface area contributed by atoms with Crippen LogP contribution >= 0.6 is 11.6 Å². The third-order valence-corrected chi connectivity index (χ3v) is 5.33. The van der Waals surface area contributed by atoms with E-state index in [0.29, 0.717) is 5.02 Å². The maximum absolute atomic E-state index is 12.3. The van der Waals surface area contributed by atoms with Gasteiger partial charge in [-0.1, -0.05) is 58.5 Å². The van der Waals surface area contributed by atoms with Crippen LogP contribution < -0.4 is 0 Å². The maximum Gasteiger partial charge on any atom is 0.144 e. The molecule has 128 valence electrons. The van der Waals surface area contributed by atoms with Gasteiger partial charge in [-0.05, 0) is 32.9 Å². The van der Waals surface area contributed by atoms with Crippen molar-refractivity contribution in [2.75, 3.05) is 0 Å². The number of hydrogen-bond donors (Lipinski definition) is 0. The fourth-order valence-corrected chi connectivity index (χ4v) is 3.12. The molecule has 3 nitrogen and oxygen atoms in total. The van der Waals surface area contributed by atoms with Gasteiger partial charge in [-0.2, -0.15) is 0 Å². The van der Waals surface area contributed by atoms with E-state index >= 15 is 0 Å². The molecule has 0 radical (unpaired) electrons. The molecular weight excluding hydrogens is 352 g/mol. The summed E-state index contributed by atoms with van der Waals surface area (Å²) in [7, 11) is 0. The Labute approximate surface area is 156 Å². The molecule has 0 spiro atoms. The van der Waals surface area contributed by atoms with Crippen LogP contribution in [0.2, 0.25) is 5.02 Å². The van der Waals surface area contributed by atoms with Crippen LogP contribution in [-0.4, -0.2) is 20.5 Å². The molecule has 3 aromatic rings. The summed E-state index contributed by atoms with van der Waals surface area (Å²) in [6, 6.07) is 17.5. The average Bonchev–Trinajstić information content (AvgIpc) is 2.59. The Kier molecular flexibility index (Phi) is 5.13. The van der Waals surface area contributed by atoms with Gasteiger partial charge in [0.25, 0.3) is 0 Å². The maximum atomic E-state index is 12.3. The molecule has 1 unspecified atom stereocenters. The normalized spacial score (nSPS) is 13.5. The molecule has 25 heavy (non-hydrogen) atoms. The summed E-state index contributed by atoms with van der Waals surface area (Å²) in [5.74, 6) is 0. The van der Waals surface area contributed by atoms with Crippen molar-refractivity contribution >= 4 is 40.1 Å². The molecule has 0 saturated heterocycles. The van der Waals surface area contributed by atoms with Gasteiger partial charge in [0.15, 0.2) is 0 Å². The first-order valence-electron chi connectivity index (χ1n) is 7.97. The summed E-state index contributed by atoms with van der Waals surface area (Å²) in [6.45, 7) is 5.70. The standard InChI is InChI=1S/C20H19ClN2OS/c1-20(2,3)25(24)22-13-16-12-15-10-7-11-17(21)19(15)23-18(16)14-8-5-4-6-9-14/h4-13H,1-3H3. The van der Waals surface area contributed by atoms with E-state index in [1.165, 1.54) is 0 Å². The predicted octanol–water partition coefficient (Wildman–Crippen LogP) is 5.44. The van der Waals surface area contributed by atoms with Gasteiger partial charge in [0.05, 0.1) is 22.4 Å². The van der Waals surface area contributed by atoms with Crippen molar-refractivity contribution < 1.29 is 4.55 Å². The van der Waals surface area contributed by atoms with Gasteiger partial charge in [-0.15, -0.1) is 0 Å². The molecule has 0 saturated carbocycles. The van der Waals surface area contributed by atoms with Gasteiger partial charge in [0.1, 0.15) is 16.1 Å². The van der Waals surface area contributed by atoms with Crippen molar-refractivity contribution in [3.63, 3.8) is 0 Å². The highest BCUT2D eigenvalue weighted by molar-refractivity contribution is 7.91. The van der Waals surface area contributed by atoms with Gasteiger partial charge in [-0.25, -0.2) is 4.98 Å². The number of aromatic nitrogens is 1. The van der Waals surface area contributed by atoms with E-state index in [1.807, 2.05) is 75.4 Å². The van der Waals surface area contributed by atoms with E-state index in [9.17, 15) is 4.55 Å². The minimum atomic E-state index is -1.32. The molecule has 5 heteroatoms. The fourth-order valence-electron chi connectivity index (χ4n) is 2.37. The largest absolute Gasteiger partial charge is 0.591 e. The minimum absolute atomic E-state index is 0.406. The Morgan fingerprint density at radius 1 is 1.08 bits per heavy atom. The molecule has 0 aliphatic rings. The number of nitrogens with zero attached hydrogens (tertiary/aromatic N) is 2. The van der Waals surface area contributed by atoms with Gasteiger partial charge in [-0.3, -0.25) is 0 Å². The third kappa shape index (κ3) is 4.03. The summed E-state index contributed by atoms with van der Waals surface area (Å²) >= 11 is 4.99. The Hall–Kier alpha value is -1.88. The molecule has 0 amide bonds. The zero-order valence-corrected chi connectivity index (χ0v) is 15.9. The second-order valence-electron chi connectivity index (χ2n) is 6.70. The lowest BCUT2D eigenvalue weighted by Crippen LogP contribution is -2.25. The molecule has 1 atom stereocenters. The fraction of sp³-hybridized carbons (Fsp3) is 0.200. The highest BCUT2D eigenvalue weighted by Gasteiger charge is 2.26. The smallest absolute Gasteiger partial charge is 0.144 e. The Balaban J connectivity index is 2.17. The lowest BCUT2D eigenvalue weighted by atomic mass is 10.0. The van der Waals surface area contributed by atoms with E-state index in [2.05, 4.69) is 4.40 Å². The Morgan fingerprint density at radius 3 is 2.48 bits per heavy atom. The van der Waals surface area contributed by atoms with Gasteiger partial charge in [0.2, 0.25) is 0 Å². The number of halogens is 1. The number of pyridine rings is 1. The summed E-state index contributed by atoms with van der Waals surface area (Å²) < 4.78 is 16.1. The first kappa shape index (κ1) is 17.9. The highest BCUT2D eigenvalue weighted by atomic mass is 35.5. The molecule has 1 aromatic heterocycles. The molecular formula is C20H19ClN2OS. The number of para-hydroxylation sites is 1. The van der Waals surface area contributed by atoms with E-state index in [4.69, 9.17) is 16.6 Å². The van der Waals surface area contributed by atoms with Crippen LogP contribution in [0.25, 0.3) is 22.2 Å². The lowest BCUT2D eigenvalue weighted by Gasteiger charge is -2.18. The molecule has 0 bridgehead atoms. The molecule has 0 aliphatic heterocycles. The number of benzene rings is 2. The molecule has 3 rings (SSSR count). The van der Waals surface area contributed by atoms with Crippen molar-refractivity contribution in [3.8, 4) is 11.3 Å². The molecule has 0 fully saturated rings. The summed E-state index contributed by atoms with van der Waals surface area (Å²) in [5.41, 5.74) is 3.30. The van der Waals surface area contributed by atoms with Gasteiger partial charge >= 0.3 is 0 Å². The van der Waals surface area contributed by atoms with Crippen LogP contribution in [0.4, 0.5) is 0 Å². The Bertz CT molecular complexity index is 920. The van der Waals surface area contributed by atoms with E-state index in [1.54, 1.807) is 6.21 Å². The van der Waals surface area contributed by atoms with Crippen molar-refractivity contribution in [2.45, 2.75) is 25.5 Å². The third-order valence-electron chi connectivity index (χ3n) is 3.68. The molecule has 1 heterocycles. The van der Waals surface area contributed by atoms with Crippen LogP contribution in [0.1, 0.15) is 26.3 Å². The van der Waals surface area contributed by atoms with Crippen LogP contribution in [0.3, 0.4) is 0 Å². The molecule has 0 aliphatic carbocycles. The monoisotopic (exact) mass is 370 g/mol. The zero-order chi connectivity index (χ0) is 18.0. The lowest BCUT2D eigenvalue weighted by molar-refractivity contribution is 0.562. The number of rotatable bonds is 3. The summed E-state index contributed by atoms with van der Waals surface area (Å²) in [4.78, 5) is 4.76. The van der Waals surface area contributed by atoms with E-state index in [-0.39, 0.29) is 0 Å². The topological polar surface area (TPSA) is 48.3 Å². The van der Waals surface area contributed by atoms with E-state index in [0.717, 1.165) is 27.7 Å². The van der Waals surface area contributed by atoms with Gasteiger partial charge < -0.3 is 4.55 Å². The molecule has 0 N–H and O–H groups in total. The van der Waals surface area contributed by atoms with Crippen molar-refractivity contribution in [1.29, 1.82) is 0 Å². The first-order valence-corrected chi connectivity index (χ1v) is 9.45. The first-order chi connectivity index (χ1) is 11.9. The van der Waals surface area contributed by atoms with Crippen LogP contribution in [0.5, 0.6) is 0 Å². The second-order valence-corrected chi connectivity index (χ2v) is 9.04. The summed E-state index contributed by atoms with van der Waals surface area (Å²) in [6.07, 6.45) is 1.65. The Morgan fingerprint density at radius 2 is 1.80 bits per heavy atom. The van der Waals surface area contributed by atoms with Crippen LogP contribution in [-0.2, 0) is 11.4 Å². The summed E-state index contributed by atoms with van der Waals surface area (Å²) in [5, 5.41) is 1.53. The highest BCUT2D eigenvalue weighted by Crippen LogP contribution is 2.29. The minimum Gasteiger partial charge on any atom is -0.591 e. The quantitative estimate of drug-likeness (QED) is 0.455. The zero-order valence-electron chi connectivity index (χ0n) is 14.4. The van der Waals surface area contributed by atoms with Crippen molar-refractivity contribution in [3.05, 3.63) is 65.2 Å². The van der Waals surface area contributed by atoms with Crippen molar-refractivity contribution in [1.82, 2.24) is 4.98 Å². The van der Waals surface area contributed by atoms with Crippen LogP contribution in [0, 0.1) is 0 Å².